The van der Waals surface area contributed by atoms with Crippen molar-refractivity contribution >= 4 is 17.3 Å². The Kier molecular flexibility index (Phi) is 7.37. The van der Waals surface area contributed by atoms with Crippen LogP contribution in [0.2, 0.25) is 0 Å². The first-order valence-electron chi connectivity index (χ1n) is 9.36. The highest BCUT2D eigenvalue weighted by Gasteiger charge is 2.81. The van der Waals surface area contributed by atoms with Crippen LogP contribution in [0.5, 0.6) is 0 Å². The zero-order valence-corrected chi connectivity index (χ0v) is 17.8. The molecule has 0 spiro atoms. The van der Waals surface area contributed by atoms with Crippen molar-refractivity contribution in [2.45, 2.75) is 37.5 Å². The fourth-order valence-electron chi connectivity index (χ4n) is 3.22. The Hall–Kier alpha value is -3.47. The number of carbonyl (C=O) groups is 1. The van der Waals surface area contributed by atoms with Crippen molar-refractivity contribution in [1.82, 2.24) is 0 Å². The van der Waals surface area contributed by atoms with E-state index >= 15 is 0 Å². The number of rotatable bonds is 6. The molecular formula is C21H16F9N3O2. The van der Waals surface area contributed by atoms with Gasteiger partial charge in [0.05, 0.1) is 17.9 Å². The molecule has 1 amide bonds. The fraction of sp³-hybridized carbons (Fsp3) is 0.333. The molecule has 1 unspecified atom stereocenters. The number of hydrogen-bond acceptors (Lipinski definition) is 4. The number of nitrogens with two attached hydrogens (primary N) is 1. The van der Waals surface area contributed by atoms with Gasteiger partial charge in [-0.2, -0.15) is 40.4 Å². The molecule has 2 aromatic rings. The molecule has 190 valence electrons. The third-order valence-corrected chi connectivity index (χ3v) is 4.97. The molecule has 0 aliphatic rings. The molecule has 0 saturated carbocycles. The average molecular weight is 513 g/mol. The molecule has 0 fully saturated rings. The molecule has 0 saturated heterocycles. The third-order valence-electron chi connectivity index (χ3n) is 4.97. The lowest BCUT2D eigenvalue weighted by Gasteiger charge is -2.36. The number of nitrogens with one attached hydrogen (secondary N) is 1. The van der Waals surface area contributed by atoms with E-state index in [4.69, 9.17) is 15.7 Å². The molecule has 0 bridgehead atoms. The van der Waals surface area contributed by atoms with E-state index in [9.17, 15) is 44.3 Å². The topological polar surface area (TPSA) is 88.1 Å². The molecule has 3 N–H and O–H groups in total. The molecule has 0 aliphatic carbocycles. The zero-order chi connectivity index (χ0) is 27.0. The molecule has 14 heteroatoms. The van der Waals surface area contributed by atoms with Crippen molar-refractivity contribution in [3.63, 3.8) is 0 Å². The lowest BCUT2D eigenvalue weighted by molar-refractivity contribution is -0.389. The lowest BCUT2D eigenvalue weighted by atomic mass is 9.85. The summed E-state index contributed by atoms with van der Waals surface area (Å²) in [5.41, 5.74) is -4.00. The lowest BCUT2D eigenvalue weighted by Crippen LogP contribution is -2.59. The first kappa shape index (κ1) is 27.8. The first-order chi connectivity index (χ1) is 15.9. The summed E-state index contributed by atoms with van der Waals surface area (Å²) in [6, 6.07) is 5.50. The fourth-order valence-corrected chi connectivity index (χ4v) is 3.22. The number of methoxy groups -OCH3 is 1. The minimum Gasteiger partial charge on any atom is -0.398 e. The largest absolute Gasteiger partial charge is 0.457 e. The van der Waals surface area contributed by atoms with Crippen molar-refractivity contribution in [1.29, 1.82) is 5.26 Å². The molecule has 35 heavy (non-hydrogen) atoms. The molecule has 2 rings (SSSR count). The van der Waals surface area contributed by atoms with E-state index in [0.717, 1.165) is 20.1 Å². The predicted molar refractivity (Wildman–Crippen MR) is 105 cm³/mol. The number of aryl methyl sites for hydroxylation is 1. The van der Waals surface area contributed by atoms with Gasteiger partial charge in [-0.25, -0.2) is 4.39 Å². The van der Waals surface area contributed by atoms with Crippen LogP contribution in [0.1, 0.15) is 32.6 Å². The van der Waals surface area contributed by atoms with Crippen LogP contribution in [-0.4, -0.2) is 31.3 Å². The summed E-state index contributed by atoms with van der Waals surface area (Å²) < 4.78 is 126. The summed E-state index contributed by atoms with van der Waals surface area (Å²) in [4.78, 5) is 12.6. The highest BCUT2D eigenvalue weighted by atomic mass is 19.4. The van der Waals surface area contributed by atoms with Crippen molar-refractivity contribution in [2.24, 2.45) is 0 Å². The summed E-state index contributed by atoms with van der Waals surface area (Å²) in [7, 11) is 1.02. The summed E-state index contributed by atoms with van der Waals surface area (Å²) in [6.07, 6.45) is -13.6. The summed E-state index contributed by atoms with van der Waals surface area (Å²) in [5, 5.41) is 11.2. The number of carbonyl (C=O) groups excluding carboxylic acids is 1. The number of nitrogen functional groups attached to an aromatic ring is 1. The number of benzene rings is 2. The standard InChI is InChI=1S/C21H16F9N3O2/c1-10-5-14(18(22,20(25,26)27)19(23,24)21(28,29)30)6-13(9-35-2)16(10)33-17(34)11-3-4-12(8-31)15(32)7-11/h3-7H,9,32H2,1-2H3,(H,33,34). The van der Waals surface area contributed by atoms with Crippen molar-refractivity contribution in [3.8, 4) is 6.07 Å². The van der Waals surface area contributed by atoms with Crippen molar-refractivity contribution in [3.05, 3.63) is 58.1 Å². The highest BCUT2D eigenvalue weighted by molar-refractivity contribution is 6.05. The van der Waals surface area contributed by atoms with Crippen LogP contribution in [0, 0.1) is 18.3 Å². The molecule has 5 nitrogen and oxygen atoms in total. The van der Waals surface area contributed by atoms with Gasteiger partial charge >= 0.3 is 23.9 Å². The van der Waals surface area contributed by atoms with Gasteiger partial charge in [0.2, 0.25) is 0 Å². The van der Waals surface area contributed by atoms with Crippen LogP contribution < -0.4 is 11.1 Å². The van der Waals surface area contributed by atoms with E-state index in [-0.39, 0.29) is 34.6 Å². The van der Waals surface area contributed by atoms with Crippen LogP contribution in [0.3, 0.4) is 0 Å². The molecule has 0 radical (unpaired) electrons. The second kappa shape index (κ2) is 9.29. The van der Waals surface area contributed by atoms with Crippen LogP contribution in [0.4, 0.5) is 50.9 Å². The van der Waals surface area contributed by atoms with E-state index < -0.39 is 53.1 Å². The molecule has 1 atom stereocenters. The number of hydrogen-bond donors (Lipinski definition) is 2. The van der Waals surface area contributed by atoms with Crippen LogP contribution in [-0.2, 0) is 17.0 Å². The van der Waals surface area contributed by atoms with E-state index in [0.29, 0.717) is 0 Å². The van der Waals surface area contributed by atoms with E-state index in [1.807, 2.05) is 0 Å². The minimum absolute atomic E-state index is 0.0409. The van der Waals surface area contributed by atoms with Gasteiger partial charge in [0.1, 0.15) is 6.07 Å². The Bertz CT molecular complexity index is 1170. The molecule has 2 aromatic carbocycles. The Morgan fingerprint density at radius 3 is 2.09 bits per heavy atom. The maximum absolute atomic E-state index is 14.9. The van der Waals surface area contributed by atoms with Gasteiger partial charge in [0.15, 0.2) is 0 Å². The predicted octanol–water partition coefficient (Wildman–Crippen LogP) is 5.77. The Labute approximate surface area is 192 Å². The van der Waals surface area contributed by atoms with Gasteiger partial charge < -0.3 is 15.8 Å². The number of nitriles is 1. The Morgan fingerprint density at radius 1 is 1.03 bits per heavy atom. The van der Waals surface area contributed by atoms with Crippen LogP contribution in [0.25, 0.3) is 0 Å². The van der Waals surface area contributed by atoms with E-state index in [1.54, 1.807) is 6.07 Å². The highest BCUT2D eigenvalue weighted by Crippen LogP contribution is 2.58. The minimum atomic E-state index is -6.88. The number of halogens is 9. The molecular weight excluding hydrogens is 497 g/mol. The average Bonchev–Trinajstić information content (AvgIpc) is 2.73. The van der Waals surface area contributed by atoms with E-state index in [2.05, 4.69) is 5.32 Å². The van der Waals surface area contributed by atoms with Crippen LogP contribution in [0.15, 0.2) is 30.3 Å². The normalized spacial score (nSPS) is 14.2. The maximum atomic E-state index is 14.9. The number of nitrogens with zero attached hydrogens (tertiary/aromatic N) is 1. The maximum Gasteiger partial charge on any atom is 0.457 e. The second-order valence-corrected chi connectivity index (χ2v) is 7.36. The third kappa shape index (κ3) is 4.86. The summed E-state index contributed by atoms with van der Waals surface area (Å²) >= 11 is 0. The van der Waals surface area contributed by atoms with E-state index in [1.165, 1.54) is 12.1 Å². The monoisotopic (exact) mass is 513 g/mol. The van der Waals surface area contributed by atoms with Gasteiger partial charge in [-0.3, -0.25) is 4.79 Å². The quantitative estimate of drug-likeness (QED) is 0.379. The number of ether oxygens (including phenoxy) is 1. The van der Waals surface area contributed by atoms with Crippen LogP contribution >= 0.6 is 0 Å². The summed E-state index contributed by atoms with van der Waals surface area (Å²) in [5.74, 6) is -7.77. The zero-order valence-electron chi connectivity index (χ0n) is 17.8. The van der Waals surface area contributed by atoms with Gasteiger partial charge in [0.25, 0.3) is 5.91 Å². The van der Waals surface area contributed by atoms with Gasteiger partial charge in [0, 0.05) is 29.5 Å². The summed E-state index contributed by atoms with van der Waals surface area (Å²) in [6.45, 7) is 0.277. The second-order valence-electron chi connectivity index (χ2n) is 7.36. The Balaban J connectivity index is 2.66. The molecule has 0 heterocycles. The number of anilines is 2. The molecule has 0 aliphatic heterocycles. The van der Waals surface area contributed by atoms with Crippen molar-refractivity contribution in [2.75, 3.05) is 18.2 Å². The SMILES string of the molecule is COCc1cc(C(F)(C(F)(F)F)C(F)(F)C(F)(F)F)cc(C)c1NC(=O)c1ccc(C#N)c(N)c1. The smallest absolute Gasteiger partial charge is 0.398 e. The number of amides is 1. The Morgan fingerprint density at radius 2 is 1.63 bits per heavy atom. The molecule has 0 aromatic heterocycles. The van der Waals surface area contributed by atoms with Gasteiger partial charge in [-0.1, -0.05) is 6.07 Å². The van der Waals surface area contributed by atoms with Crippen molar-refractivity contribution < 1.29 is 49.0 Å². The van der Waals surface area contributed by atoms with Gasteiger partial charge in [-0.05, 0) is 36.8 Å². The number of alkyl halides is 9. The first-order valence-corrected chi connectivity index (χ1v) is 9.36. The van der Waals surface area contributed by atoms with Gasteiger partial charge in [-0.15, -0.1) is 0 Å².